The highest BCUT2D eigenvalue weighted by Crippen LogP contribution is 2.31. The Balaban J connectivity index is 1.71. The molecule has 1 amide bonds. The van der Waals surface area contributed by atoms with E-state index in [-0.39, 0.29) is 6.61 Å². The molecule has 1 atom stereocenters. The van der Waals surface area contributed by atoms with Crippen LogP contribution in [0.2, 0.25) is 5.02 Å². The number of ether oxygens (including phenoxy) is 2. The van der Waals surface area contributed by atoms with Crippen LogP contribution in [0.15, 0.2) is 47.5 Å². The number of halogens is 1. The van der Waals surface area contributed by atoms with Gasteiger partial charge in [0.05, 0.1) is 16.8 Å². The van der Waals surface area contributed by atoms with Crippen molar-refractivity contribution in [2.24, 2.45) is 4.99 Å². The molecule has 2 aromatic carbocycles. The maximum atomic E-state index is 12.6. The van der Waals surface area contributed by atoms with Crippen molar-refractivity contribution >= 4 is 39.1 Å². The van der Waals surface area contributed by atoms with Crippen LogP contribution in [-0.4, -0.2) is 23.2 Å². The predicted octanol–water partition coefficient (Wildman–Crippen LogP) is 3.26. The molecule has 0 spiro atoms. The summed E-state index contributed by atoms with van der Waals surface area (Å²) in [5, 5.41) is 0.616. The first-order chi connectivity index (χ1) is 12.7. The summed E-state index contributed by atoms with van der Waals surface area (Å²) in [6, 6.07) is 12.7. The molecule has 0 fully saturated rings. The van der Waals surface area contributed by atoms with Crippen molar-refractivity contribution < 1.29 is 14.3 Å². The molecule has 26 heavy (non-hydrogen) atoms. The number of carbonyl (C=O) groups excluding carboxylic acids is 1. The van der Waals surface area contributed by atoms with Crippen LogP contribution in [0.5, 0.6) is 11.5 Å². The fourth-order valence-electron chi connectivity index (χ4n) is 2.68. The molecule has 0 N–H and O–H groups in total. The van der Waals surface area contributed by atoms with Gasteiger partial charge in [-0.3, -0.25) is 4.79 Å². The molecule has 0 saturated carbocycles. The van der Waals surface area contributed by atoms with Crippen LogP contribution < -0.4 is 14.3 Å². The second-order valence-electron chi connectivity index (χ2n) is 5.60. The zero-order valence-corrected chi connectivity index (χ0v) is 15.1. The third-order valence-electron chi connectivity index (χ3n) is 3.88. The Kier molecular flexibility index (Phi) is 4.41. The van der Waals surface area contributed by atoms with Crippen LogP contribution in [0.3, 0.4) is 0 Å². The van der Waals surface area contributed by atoms with Crippen molar-refractivity contribution in [3.8, 4) is 23.8 Å². The lowest BCUT2D eigenvalue weighted by atomic mass is 10.2. The molecule has 3 aromatic rings. The maximum Gasteiger partial charge on any atom is 0.292 e. The molecular formula is C19H13ClN2O3S. The molecule has 1 aromatic heterocycles. The van der Waals surface area contributed by atoms with Crippen LogP contribution in [-0.2, 0) is 11.3 Å². The second-order valence-corrected chi connectivity index (χ2v) is 7.05. The Morgan fingerprint density at radius 3 is 2.96 bits per heavy atom. The number of benzene rings is 2. The van der Waals surface area contributed by atoms with Crippen molar-refractivity contribution in [1.82, 2.24) is 4.57 Å². The molecule has 1 aliphatic rings. The first-order valence-electron chi connectivity index (χ1n) is 7.85. The Morgan fingerprint density at radius 1 is 1.35 bits per heavy atom. The molecule has 2 heterocycles. The van der Waals surface area contributed by atoms with E-state index in [0.29, 0.717) is 27.9 Å². The molecule has 4 rings (SSSR count). The van der Waals surface area contributed by atoms with Crippen molar-refractivity contribution in [3.05, 3.63) is 52.3 Å². The average molecular weight is 385 g/mol. The van der Waals surface area contributed by atoms with Gasteiger partial charge in [0.1, 0.15) is 6.61 Å². The lowest BCUT2D eigenvalue weighted by molar-refractivity contribution is -0.127. The van der Waals surface area contributed by atoms with Crippen LogP contribution in [0.25, 0.3) is 10.2 Å². The Labute approximate surface area is 158 Å². The van der Waals surface area contributed by atoms with E-state index < -0.39 is 12.0 Å². The SMILES string of the molecule is C#CCn1c(=NC(=O)[C@H]2COc3ccccc3O2)sc2cc(Cl)ccc21. The lowest BCUT2D eigenvalue weighted by Crippen LogP contribution is -2.36. The highest BCUT2D eigenvalue weighted by molar-refractivity contribution is 7.16. The Hall–Kier alpha value is -2.75. The molecular weight excluding hydrogens is 372 g/mol. The highest BCUT2D eigenvalue weighted by Gasteiger charge is 2.27. The number of carbonyl (C=O) groups is 1. The van der Waals surface area contributed by atoms with Gasteiger partial charge in [0.15, 0.2) is 16.3 Å². The van der Waals surface area contributed by atoms with Crippen LogP contribution in [0, 0.1) is 12.3 Å². The van der Waals surface area contributed by atoms with E-state index in [1.807, 2.05) is 28.8 Å². The number of fused-ring (bicyclic) bond motifs is 2. The monoisotopic (exact) mass is 384 g/mol. The molecule has 0 aliphatic carbocycles. The highest BCUT2D eigenvalue weighted by atomic mass is 35.5. The van der Waals surface area contributed by atoms with Crippen LogP contribution in [0.4, 0.5) is 0 Å². The van der Waals surface area contributed by atoms with Crippen molar-refractivity contribution in [2.45, 2.75) is 12.6 Å². The van der Waals surface area contributed by atoms with Crippen LogP contribution in [0.1, 0.15) is 0 Å². The predicted molar refractivity (Wildman–Crippen MR) is 101 cm³/mol. The van der Waals surface area contributed by atoms with Gasteiger partial charge in [-0.05, 0) is 30.3 Å². The number of hydrogen-bond donors (Lipinski definition) is 0. The minimum Gasteiger partial charge on any atom is -0.485 e. The standard InChI is InChI=1S/C19H13ClN2O3S/c1-2-9-22-13-8-7-12(20)10-17(13)26-19(22)21-18(23)16-11-24-14-5-3-4-6-15(14)25-16/h1,3-8,10,16H,9,11H2/t16-/m1/s1. The fourth-order valence-corrected chi connectivity index (χ4v) is 3.99. The summed E-state index contributed by atoms with van der Waals surface area (Å²) >= 11 is 7.41. The summed E-state index contributed by atoms with van der Waals surface area (Å²) in [6.45, 7) is 0.420. The summed E-state index contributed by atoms with van der Waals surface area (Å²) in [7, 11) is 0. The van der Waals surface area contributed by atoms with E-state index in [2.05, 4.69) is 10.9 Å². The zero-order valence-electron chi connectivity index (χ0n) is 13.5. The molecule has 0 saturated heterocycles. The normalized spacial score (nSPS) is 16.5. The fraction of sp³-hybridized carbons (Fsp3) is 0.158. The molecule has 1 aliphatic heterocycles. The summed E-state index contributed by atoms with van der Waals surface area (Å²) < 4.78 is 14.0. The van der Waals surface area contributed by atoms with Crippen LogP contribution >= 0.6 is 22.9 Å². The van der Waals surface area contributed by atoms with Crippen molar-refractivity contribution in [3.63, 3.8) is 0 Å². The summed E-state index contributed by atoms with van der Waals surface area (Å²) in [5.41, 5.74) is 0.884. The number of thiazole rings is 1. The van der Waals surface area contributed by atoms with Gasteiger partial charge in [0.25, 0.3) is 5.91 Å². The Morgan fingerprint density at radius 2 is 2.15 bits per heavy atom. The van der Waals surface area contributed by atoms with Gasteiger partial charge in [-0.1, -0.05) is 41.0 Å². The number of nitrogens with zero attached hydrogens (tertiary/aromatic N) is 2. The van der Waals surface area contributed by atoms with Gasteiger partial charge in [-0.25, -0.2) is 0 Å². The third kappa shape index (κ3) is 3.07. The zero-order chi connectivity index (χ0) is 18.1. The Bertz CT molecular complexity index is 1110. The van der Waals surface area contributed by atoms with E-state index in [4.69, 9.17) is 27.5 Å². The van der Waals surface area contributed by atoms with Gasteiger partial charge in [-0.15, -0.1) is 6.42 Å². The number of hydrogen-bond acceptors (Lipinski definition) is 4. The minimum absolute atomic E-state index is 0.116. The number of aromatic nitrogens is 1. The smallest absolute Gasteiger partial charge is 0.292 e. The molecule has 0 unspecified atom stereocenters. The van der Waals surface area contributed by atoms with Crippen molar-refractivity contribution in [1.29, 1.82) is 0 Å². The van der Waals surface area contributed by atoms with E-state index in [1.165, 1.54) is 11.3 Å². The average Bonchev–Trinajstić information content (AvgIpc) is 2.98. The molecule has 7 heteroatoms. The van der Waals surface area contributed by atoms with Gasteiger partial charge < -0.3 is 14.0 Å². The topological polar surface area (TPSA) is 52.8 Å². The lowest BCUT2D eigenvalue weighted by Gasteiger charge is -2.23. The van der Waals surface area contributed by atoms with Gasteiger partial charge >= 0.3 is 0 Å². The summed E-state index contributed by atoms with van der Waals surface area (Å²) in [6.07, 6.45) is 4.68. The van der Waals surface area contributed by atoms with Gasteiger partial charge in [0.2, 0.25) is 6.10 Å². The first-order valence-corrected chi connectivity index (χ1v) is 9.04. The second kappa shape index (κ2) is 6.87. The van der Waals surface area contributed by atoms with E-state index in [9.17, 15) is 4.79 Å². The minimum atomic E-state index is -0.794. The number of para-hydroxylation sites is 2. The largest absolute Gasteiger partial charge is 0.485 e. The number of rotatable bonds is 2. The quantitative estimate of drug-likeness (QED) is 0.637. The van der Waals surface area contributed by atoms with Gasteiger partial charge in [-0.2, -0.15) is 4.99 Å². The maximum absolute atomic E-state index is 12.6. The van der Waals surface area contributed by atoms with E-state index in [0.717, 1.165) is 10.2 Å². The molecule has 0 bridgehead atoms. The number of terminal acetylenes is 1. The van der Waals surface area contributed by atoms with E-state index in [1.54, 1.807) is 18.2 Å². The first kappa shape index (κ1) is 16.7. The summed E-state index contributed by atoms with van der Waals surface area (Å²) in [5.74, 6) is 3.33. The molecule has 130 valence electrons. The number of amides is 1. The summed E-state index contributed by atoms with van der Waals surface area (Å²) in [4.78, 5) is 17.4. The van der Waals surface area contributed by atoms with E-state index >= 15 is 0 Å². The molecule has 5 nitrogen and oxygen atoms in total. The van der Waals surface area contributed by atoms with Gasteiger partial charge in [0, 0.05) is 5.02 Å². The van der Waals surface area contributed by atoms with Crippen molar-refractivity contribution in [2.75, 3.05) is 6.61 Å². The third-order valence-corrected chi connectivity index (χ3v) is 5.16. The molecule has 0 radical (unpaired) electrons.